The molecule has 2 aromatic rings. The molecule has 1 atom stereocenters. The van der Waals surface area contributed by atoms with Gasteiger partial charge in [-0.15, -0.1) is 0 Å². The third kappa shape index (κ3) is 3.85. The van der Waals surface area contributed by atoms with Crippen molar-refractivity contribution in [2.45, 2.75) is 48.4 Å². The number of unbranched alkanes of at least 4 members (excludes halogenated alkanes) is 1. The van der Waals surface area contributed by atoms with Crippen LogP contribution in [-0.4, -0.2) is 43.0 Å². The number of aryl methyl sites for hydroxylation is 1. The molecule has 2 aliphatic rings. The molecule has 0 saturated carbocycles. The standard InChI is InChI=1S/C23H30N2S/c1-3-4-7-18-10-11-23-20(16-18)21(25-14-12-24(2)13-15-25)17-19-8-5-6-9-22(19)26-23/h5-6,8-11,16,21H,3-4,7,12-15,17H2,1-2H3. The highest BCUT2D eigenvalue weighted by molar-refractivity contribution is 7.99. The van der Waals surface area contributed by atoms with Gasteiger partial charge >= 0.3 is 0 Å². The highest BCUT2D eigenvalue weighted by atomic mass is 32.2. The highest BCUT2D eigenvalue weighted by Gasteiger charge is 2.29. The molecule has 2 aromatic carbocycles. The van der Waals surface area contributed by atoms with E-state index in [1.165, 1.54) is 66.4 Å². The molecular formula is C23H30N2S. The summed E-state index contributed by atoms with van der Waals surface area (Å²) in [5.41, 5.74) is 4.58. The van der Waals surface area contributed by atoms with Gasteiger partial charge in [0, 0.05) is 42.0 Å². The van der Waals surface area contributed by atoms with E-state index in [0.717, 1.165) is 6.42 Å². The first-order valence-corrected chi connectivity index (χ1v) is 10.9. The quantitative estimate of drug-likeness (QED) is 0.750. The van der Waals surface area contributed by atoms with Gasteiger partial charge in [0.25, 0.3) is 0 Å². The zero-order chi connectivity index (χ0) is 17.9. The van der Waals surface area contributed by atoms with Crippen molar-refractivity contribution < 1.29 is 0 Å². The predicted molar refractivity (Wildman–Crippen MR) is 111 cm³/mol. The van der Waals surface area contributed by atoms with Gasteiger partial charge in [-0.1, -0.05) is 55.4 Å². The summed E-state index contributed by atoms with van der Waals surface area (Å²) in [4.78, 5) is 8.07. The summed E-state index contributed by atoms with van der Waals surface area (Å²) in [7, 11) is 2.24. The van der Waals surface area contributed by atoms with Crippen LogP contribution in [0.25, 0.3) is 0 Å². The molecule has 1 unspecified atom stereocenters. The van der Waals surface area contributed by atoms with E-state index in [4.69, 9.17) is 0 Å². The summed E-state index contributed by atoms with van der Waals surface area (Å²) in [5, 5.41) is 0. The zero-order valence-electron chi connectivity index (χ0n) is 16.1. The Kier molecular flexibility index (Phi) is 5.68. The van der Waals surface area contributed by atoms with Crippen LogP contribution >= 0.6 is 11.8 Å². The maximum atomic E-state index is 2.73. The Balaban J connectivity index is 1.71. The SMILES string of the molecule is CCCCc1ccc2c(c1)C(N1CCN(C)CC1)Cc1ccccc1S2. The van der Waals surface area contributed by atoms with Crippen molar-refractivity contribution >= 4 is 11.8 Å². The Labute approximate surface area is 162 Å². The number of hydrogen-bond donors (Lipinski definition) is 0. The molecule has 2 nitrogen and oxygen atoms in total. The van der Waals surface area contributed by atoms with Crippen LogP contribution in [0.2, 0.25) is 0 Å². The van der Waals surface area contributed by atoms with Gasteiger partial charge in [-0.25, -0.2) is 0 Å². The van der Waals surface area contributed by atoms with Crippen LogP contribution in [-0.2, 0) is 12.8 Å². The minimum absolute atomic E-state index is 0.511. The monoisotopic (exact) mass is 366 g/mol. The molecular weight excluding hydrogens is 336 g/mol. The summed E-state index contributed by atoms with van der Waals surface area (Å²) in [6, 6.07) is 16.8. The molecule has 0 radical (unpaired) electrons. The van der Waals surface area contributed by atoms with E-state index in [2.05, 4.69) is 66.2 Å². The fraction of sp³-hybridized carbons (Fsp3) is 0.478. The van der Waals surface area contributed by atoms with E-state index < -0.39 is 0 Å². The third-order valence-electron chi connectivity index (χ3n) is 5.84. The number of likely N-dealkylation sites (N-methyl/N-ethyl adjacent to an activating group) is 1. The van der Waals surface area contributed by atoms with E-state index >= 15 is 0 Å². The molecule has 138 valence electrons. The largest absolute Gasteiger partial charge is 0.304 e. The van der Waals surface area contributed by atoms with Crippen molar-refractivity contribution in [3.05, 3.63) is 59.2 Å². The molecule has 0 aromatic heterocycles. The van der Waals surface area contributed by atoms with Crippen LogP contribution in [0.1, 0.15) is 42.5 Å². The molecule has 0 bridgehead atoms. The first-order chi connectivity index (χ1) is 12.7. The molecule has 3 heteroatoms. The Hall–Kier alpha value is -1.29. The second-order valence-electron chi connectivity index (χ2n) is 7.74. The van der Waals surface area contributed by atoms with Crippen molar-refractivity contribution in [1.82, 2.24) is 9.80 Å². The highest BCUT2D eigenvalue weighted by Crippen LogP contribution is 2.43. The molecule has 2 aliphatic heterocycles. The van der Waals surface area contributed by atoms with E-state index in [1.54, 1.807) is 5.56 Å². The van der Waals surface area contributed by atoms with Crippen molar-refractivity contribution in [2.24, 2.45) is 0 Å². The third-order valence-corrected chi connectivity index (χ3v) is 7.05. The van der Waals surface area contributed by atoms with E-state index in [1.807, 2.05) is 11.8 Å². The average molecular weight is 367 g/mol. The second kappa shape index (κ2) is 8.16. The van der Waals surface area contributed by atoms with Gasteiger partial charge in [0.2, 0.25) is 0 Å². The number of nitrogens with zero attached hydrogens (tertiary/aromatic N) is 2. The minimum atomic E-state index is 0.511. The van der Waals surface area contributed by atoms with Crippen molar-refractivity contribution in [3.8, 4) is 0 Å². The van der Waals surface area contributed by atoms with Gasteiger partial charge < -0.3 is 4.90 Å². The van der Waals surface area contributed by atoms with Crippen LogP contribution in [0.5, 0.6) is 0 Å². The molecule has 0 amide bonds. The summed E-state index contributed by atoms with van der Waals surface area (Å²) in [6.07, 6.45) is 4.89. The number of piperazine rings is 1. The summed E-state index contributed by atoms with van der Waals surface area (Å²) in [5.74, 6) is 0. The van der Waals surface area contributed by atoms with Gasteiger partial charge in [0.1, 0.15) is 0 Å². The number of benzene rings is 2. The van der Waals surface area contributed by atoms with Crippen molar-refractivity contribution in [2.75, 3.05) is 33.2 Å². The molecule has 0 N–H and O–H groups in total. The van der Waals surface area contributed by atoms with Crippen LogP contribution < -0.4 is 0 Å². The first kappa shape index (κ1) is 18.1. The fourth-order valence-electron chi connectivity index (χ4n) is 4.16. The topological polar surface area (TPSA) is 6.48 Å². The maximum absolute atomic E-state index is 2.73. The molecule has 0 aliphatic carbocycles. The number of hydrogen-bond acceptors (Lipinski definition) is 3. The Morgan fingerprint density at radius 3 is 2.62 bits per heavy atom. The Bertz CT molecular complexity index is 750. The average Bonchev–Trinajstić information content (AvgIpc) is 2.83. The lowest BCUT2D eigenvalue weighted by atomic mass is 9.94. The van der Waals surface area contributed by atoms with Gasteiger partial charge in [0.15, 0.2) is 0 Å². The lowest BCUT2D eigenvalue weighted by Crippen LogP contribution is -2.46. The second-order valence-corrected chi connectivity index (χ2v) is 8.83. The smallest absolute Gasteiger partial charge is 0.0401 e. The number of fused-ring (bicyclic) bond motifs is 2. The number of rotatable bonds is 4. The van der Waals surface area contributed by atoms with Gasteiger partial charge in [0.05, 0.1) is 0 Å². The van der Waals surface area contributed by atoms with Crippen LogP contribution in [0.3, 0.4) is 0 Å². The predicted octanol–water partition coefficient (Wildman–Crippen LogP) is 5.03. The summed E-state index contributed by atoms with van der Waals surface area (Å²) in [6.45, 7) is 6.98. The Morgan fingerprint density at radius 1 is 1.00 bits per heavy atom. The van der Waals surface area contributed by atoms with Crippen LogP contribution in [0.4, 0.5) is 0 Å². The van der Waals surface area contributed by atoms with E-state index in [9.17, 15) is 0 Å². The van der Waals surface area contributed by atoms with Gasteiger partial charge in [-0.3, -0.25) is 4.90 Å². The van der Waals surface area contributed by atoms with E-state index in [-0.39, 0.29) is 0 Å². The molecule has 2 heterocycles. The fourth-order valence-corrected chi connectivity index (χ4v) is 5.27. The summed E-state index contributed by atoms with van der Waals surface area (Å²) < 4.78 is 0. The molecule has 1 fully saturated rings. The maximum Gasteiger partial charge on any atom is 0.0401 e. The molecule has 1 saturated heterocycles. The molecule has 26 heavy (non-hydrogen) atoms. The van der Waals surface area contributed by atoms with Crippen molar-refractivity contribution in [1.29, 1.82) is 0 Å². The normalized spacial score (nSPS) is 21.1. The van der Waals surface area contributed by atoms with E-state index in [0.29, 0.717) is 6.04 Å². The lowest BCUT2D eigenvalue weighted by Gasteiger charge is -2.38. The lowest BCUT2D eigenvalue weighted by molar-refractivity contribution is 0.110. The van der Waals surface area contributed by atoms with Crippen molar-refractivity contribution in [3.63, 3.8) is 0 Å². The zero-order valence-corrected chi connectivity index (χ0v) is 16.9. The van der Waals surface area contributed by atoms with Gasteiger partial charge in [-0.2, -0.15) is 0 Å². The van der Waals surface area contributed by atoms with Crippen LogP contribution in [0.15, 0.2) is 52.3 Å². The molecule has 4 rings (SSSR count). The van der Waals surface area contributed by atoms with Gasteiger partial charge in [-0.05, 0) is 55.1 Å². The molecule has 0 spiro atoms. The minimum Gasteiger partial charge on any atom is -0.304 e. The first-order valence-electron chi connectivity index (χ1n) is 10.1. The van der Waals surface area contributed by atoms with Crippen LogP contribution in [0, 0.1) is 0 Å². The summed E-state index contributed by atoms with van der Waals surface area (Å²) >= 11 is 1.97. The Morgan fingerprint density at radius 2 is 1.81 bits per heavy atom.